The van der Waals surface area contributed by atoms with Gasteiger partial charge in [0.25, 0.3) is 5.91 Å². The third-order valence-electron chi connectivity index (χ3n) is 7.84. The molecule has 5 aromatic rings. The number of aromatic nitrogens is 2. The minimum absolute atomic E-state index is 0.0396. The fourth-order valence-electron chi connectivity index (χ4n) is 5.34. The van der Waals surface area contributed by atoms with Crippen molar-refractivity contribution < 1.29 is 29.3 Å². The number of hydrogen-bond donors (Lipinski definition) is 3. The summed E-state index contributed by atoms with van der Waals surface area (Å²) in [4.78, 5) is 32.5. The normalized spacial score (nSPS) is 17.6. The van der Waals surface area contributed by atoms with Crippen LogP contribution in [0.25, 0.3) is 11.1 Å². The fraction of sp³-hybridized carbons (Fsp3) is 0.189. The van der Waals surface area contributed by atoms with Crippen LogP contribution in [0, 0.1) is 0 Å². The van der Waals surface area contributed by atoms with E-state index < -0.39 is 12.3 Å². The predicted molar refractivity (Wildman–Crippen MR) is 178 cm³/mol. The van der Waals surface area contributed by atoms with Crippen LogP contribution < -0.4 is 5.32 Å². The lowest BCUT2D eigenvalue weighted by molar-refractivity contribution is -0.245. The molecule has 1 amide bonds. The predicted octanol–water partition coefficient (Wildman–Crippen LogP) is 6.60. The molecule has 3 unspecified atom stereocenters. The topological polar surface area (TPSA) is 131 Å². The molecular formula is C37H33N3O6S. The van der Waals surface area contributed by atoms with Gasteiger partial charge in [0.2, 0.25) is 0 Å². The Hall–Kier alpha value is -4.87. The summed E-state index contributed by atoms with van der Waals surface area (Å²) >= 11 is 1.35. The van der Waals surface area contributed by atoms with E-state index in [4.69, 9.17) is 9.47 Å². The largest absolute Gasteiger partial charge is 0.478 e. The number of aromatic carboxylic acids is 1. The Morgan fingerprint density at radius 3 is 2.38 bits per heavy atom. The maximum Gasteiger partial charge on any atom is 0.338 e. The summed E-state index contributed by atoms with van der Waals surface area (Å²) in [6, 6.07) is 30.3. The molecule has 3 N–H and O–H groups in total. The highest BCUT2D eigenvalue weighted by Gasteiger charge is 2.32. The number of ether oxygens (including phenoxy) is 2. The second-order valence-electron chi connectivity index (χ2n) is 11.1. The Bertz CT molecular complexity index is 1820. The summed E-state index contributed by atoms with van der Waals surface area (Å²) in [5, 5.41) is 22.5. The van der Waals surface area contributed by atoms with Crippen LogP contribution in [0.5, 0.6) is 0 Å². The number of thioether (sulfide) groups is 1. The van der Waals surface area contributed by atoms with Crippen molar-refractivity contribution in [1.29, 1.82) is 0 Å². The maximum atomic E-state index is 12.5. The Morgan fingerprint density at radius 2 is 1.64 bits per heavy atom. The van der Waals surface area contributed by atoms with Gasteiger partial charge in [0.05, 0.1) is 29.9 Å². The zero-order valence-electron chi connectivity index (χ0n) is 25.4. The van der Waals surface area contributed by atoms with Crippen molar-refractivity contribution in [3.63, 3.8) is 0 Å². The molecule has 3 aromatic carbocycles. The van der Waals surface area contributed by atoms with E-state index in [9.17, 15) is 19.8 Å². The molecule has 0 spiro atoms. The van der Waals surface area contributed by atoms with Crippen molar-refractivity contribution >= 4 is 23.6 Å². The zero-order valence-corrected chi connectivity index (χ0v) is 26.2. The van der Waals surface area contributed by atoms with Gasteiger partial charge >= 0.3 is 5.97 Å². The zero-order chi connectivity index (χ0) is 32.6. The fourth-order valence-corrected chi connectivity index (χ4v) is 6.34. The van der Waals surface area contributed by atoms with Crippen molar-refractivity contribution in [2.24, 2.45) is 0 Å². The van der Waals surface area contributed by atoms with E-state index in [2.05, 4.69) is 21.4 Å². The lowest BCUT2D eigenvalue weighted by atomic mass is 9.99. The monoisotopic (exact) mass is 647 g/mol. The SMILES string of the molecule is O=C(NCc1cccc(-c2ccc(C3OC(CSc4ncccc4C(=O)O)CC(c4ccc(CO)cc4)O3)cc2)c1)c1cccnc1. The second-order valence-corrected chi connectivity index (χ2v) is 12.1. The van der Waals surface area contributed by atoms with Crippen LogP contribution in [0.1, 0.15) is 61.8 Å². The number of rotatable bonds is 11. The standard InChI is InChI=1S/C37H33N3O6S/c41-22-24-8-10-27(11-9-24)33-19-31(23-47-35-32(36(43)44)7-3-17-39-35)45-37(46-33)28-14-12-26(13-15-28)29-5-1-4-25(18-29)20-40-34(42)30-6-2-16-38-21-30/h1-18,21,31,33,37,41H,19-20,22-23H2,(H,40,42)(H,43,44). The quantitative estimate of drug-likeness (QED) is 0.136. The third kappa shape index (κ3) is 8.11. The van der Waals surface area contributed by atoms with Gasteiger partial charge in [0.15, 0.2) is 6.29 Å². The summed E-state index contributed by atoms with van der Waals surface area (Å²) in [5.74, 6) is -0.708. The lowest BCUT2D eigenvalue weighted by Crippen LogP contribution is -2.31. The van der Waals surface area contributed by atoms with E-state index in [0.29, 0.717) is 29.3 Å². The molecule has 10 heteroatoms. The molecule has 1 aliphatic rings. The molecule has 3 heterocycles. The summed E-state index contributed by atoms with van der Waals surface area (Å²) in [7, 11) is 0. The number of aliphatic hydroxyl groups excluding tert-OH is 1. The number of carbonyl (C=O) groups is 2. The number of nitrogens with one attached hydrogen (secondary N) is 1. The van der Waals surface area contributed by atoms with Crippen molar-refractivity contribution in [2.45, 2.75) is 43.1 Å². The summed E-state index contributed by atoms with van der Waals surface area (Å²) < 4.78 is 12.9. The lowest BCUT2D eigenvalue weighted by Gasteiger charge is -2.36. The van der Waals surface area contributed by atoms with Gasteiger partial charge in [0, 0.05) is 42.9 Å². The van der Waals surface area contributed by atoms with Crippen LogP contribution in [0.2, 0.25) is 0 Å². The third-order valence-corrected chi connectivity index (χ3v) is 8.98. The van der Waals surface area contributed by atoms with Gasteiger partial charge in [-0.1, -0.05) is 66.7 Å². The number of carboxylic acids is 1. The van der Waals surface area contributed by atoms with E-state index in [0.717, 1.165) is 33.4 Å². The van der Waals surface area contributed by atoms with Gasteiger partial charge in [-0.3, -0.25) is 9.78 Å². The highest BCUT2D eigenvalue weighted by Crippen LogP contribution is 2.40. The van der Waals surface area contributed by atoms with Gasteiger partial charge in [0.1, 0.15) is 5.03 Å². The molecule has 0 aliphatic carbocycles. The number of benzene rings is 3. The first-order valence-electron chi connectivity index (χ1n) is 15.2. The van der Waals surface area contributed by atoms with Crippen LogP contribution in [-0.4, -0.2) is 43.9 Å². The van der Waals surface area contributed by atoms with E-state index in [1.807, 2.05) is 66.7 Å². The van der Waals surface area contributed by atoms with E-state index in [1.165, 1.54) is 11.8 Å². The molecule has 3 atom stereocenters. The first-order chi connectivity index (χ1) is 23.0. The number of carbonyl (C=O) groups excluding carboxylic acids is 1. The maximum absolute atomic E-state index is 12.5. The Kier molecular flexibility index (Phi) is 10.3. The molecule has 1 fully saturated rings. The molecule has 9 nitrogen and oxygen atoms in total. The Morgan fingerprint density at radius 1 is 0.851 bits per heavy atom. The summed E-state index contributed by atoms with van der Waals surface area (Å²) in [6.07, 6.45) is 4.16. The molecule has 238 valence electrons. The highest BCUT2D eigenvalue weighted by molar-refractivity contribution is 7.99. The van der Waals surface area contributed by atoms with E-state index in [1.54, 1.807) is 42.9 Å². The Balaban J connectivity index is 1.17. The van der Waals surface area contributed by atoms with Crippen molar-refractivity contribution in [3.8, 4) is 11.1 Å². The van der Waals surface area contributed by atoms with Crippen molar-refractivity contribution in [3.05, 3.63) is 149 Å². The van der Waals surface area contributed by atoms with Crippen molar-refractivity contribution in [1.82, 2.24) is 15.3 Å². The van der Waals surface area contributed by atoms with E-state index >= 15 is 0 Å². The van der Waals surface area contributed by atoms with Crippen LogP contribution in [-0.2, 0) is 22.6 Å². The number of nitrogens with zero attached hydrogens (tertiary/aromatic N) is 2. The molecule has 0 saturated carbocycles. The van der Waals surface area contributed by atoms with Gasteiger partial charge in [-0.2, -0.15) is 0 Å². The van der Waals surface area contributed by atoms with Crippen LogP contribution >= 0.6 is 11.8 Å². The average Bonchev–Trinajstić information content (AvgIpc) is 3.13. The number of aliphatic hydroxyl groups is 1. The summed E-state index contributed by atoms with van der Waals surface area (Å²) in [5.41, 5.74) is 6.29. The molecule has 2 aromatic heterocycles. The molecular weight excluding hydrogens is 614 g/mol. The highest BCUT2D eigenvalue weighted by atomic mass is 32.2. The number of pyridine rings is 2. The molecule has 6 rings (SSSR count). The molecule has 0 bridgehead atoms. The second kappa shape index (κ2) is 15.1. The van der Waals surface area contributed by atoms with Crippen LogP contribution in [0.15, 0.2) is 121 Å². The molecule has 47 heavy (non-hydrogen) atoms. The van der Waals surface area contributed by atoms with Gasteiger partial charge in [-0.25, -0.2) is 9.78 Å². The minimum Gasteiger partial charge on any atom is -0.478 e. The van der Waals surface area contributed by atoms with Gasteiger partial charge < -0.3 is 25.0 Å². The molecule has 1 aliphatic heterocycles. The number of amides is 1. The van der Waals surface area contributed by atoms with E-state index in [-0.39, 0.29) is 30.3 Å². The van der Waals surface area contributed by atoms with Crippen LogP contribution in [0.4, 0.5) is 0 Å². The first-order valence-corrected chi connectivity index (χ1v) is 16.1. The number of hydrogen-bond acceptors (Lipinski definition) is 8. The minimum atomic E-state index is -1.02. The molecule has 1 saturated heterocycles. The summed E-state index contributed by atoms with van der Waals surface area (Å²) in [6.45, 7) is 0.345. The van der Waals surface area contributed by atoms with Gasteiger partial charge in [-0.05, 0) is 58.1 Å². The smallest absolute Gasteiger partial charge is 0.338 e. The van der Waals surface area contributed by atoms with Crippen molar-refractivity contribution in [2.75, 3.05) is 5.75 Å². The first kappa shape index (κ1) is 32.1. The van der Waals surface area contributed by atoms with Gasteiger partial charge in [-0.15, -0.1) is 11.8 Å². The Labute approximate surface area is 276 Å². The number of carboxylic acid groups (broad SMARTS) is 1. The van der Waals surface area contributed by atoms with Crippen LogP contribution in [0.3, 0.4) is 0 Å². The molecule has 0 radical (unpaired) electrons. The average molecular weight is 648 g/mol.